The van der Waals surface area contributed by atoms with Crippen LogP contribution in [0.1, 0.15) is 33.1 Å². The molecule has 0 aliphatic carbocycles. The number of rotatable bonds is 7. The van der Waals surface area contributed by atoms with Crippen LogP contribution < -0.4 is 10.1 Å². The molecule has 1 N–H and O–H groups in total. The van der Waals surface area contributed by atoms with E-state index in [0.29, 0.717) is 24.4 Å². The van der Waals surface area contributed by atoms with Crippen LogP contribution in [0.3, 0.4) is 0 Å². The van der Waals surface area contributed by atoms with Crippen LogP contribution in [0.5, 0.6) is 5.75 Å². The first kappa shape index (κ1) is 19.7. The van der Waals surface area contributed by atoms with Crippen LogP contribution in [-0.2, 0) is 17.8 Å². The summed E-state index contributed by atoms with van der Waals surface area (Å²) in [6.07, 6.45) is 0.738. The zero-order valence-electron chi connectivity index (χ0n) is 16.9. The average Bonchev–Trinajstić information content (AvgIpc) is 3.06. The summed E-state index contributed by atoms with van der Waals surface area (Å²) in [6, 6.07) is 24.2. The zero-order chi connectivity index (χ0) is 20.9. The third-order valence-electron chi connectivity index (χ3n) is 5.40. The van der Waals surface area contributed by atoms with Gasteiger partial charge in [-0.3, -0.25) is 9.59 Å². The van der Waals surface area contributed by atoms with E-state index in [4.69, 9.17) is 4.74 Å². The predicted molar refractivity (Wildman–Crippen MR) is 115 cm³/mol. The van der Waals surface area contributed by atoms with Crippen molar-refractivity contribution in [1.82, 2.24) is 10.2 Å². The molecule has 1 unspecified atom stereocenters. The van der Waals surface area contributed by atoms with Gasteiger partial charge in [0.2, 0.25) is 5.91 Å². The Morgan fingerprint density at radius 1 is 0.967 bits per heavy atom. The first-order valence-corrected chi connectivity index (χ1v) is 10.0. The lowest BCUT2D eigenvalue weighted by Gasteiger charge is -2.25. The molecule has 152 valence electrons. The summed E-state index contributed by atoms with van der Waals surface area (Å²) in [6.45, 7) is 0.812. The molecule has 3 aromatic carbocycles. The van der Waals surface area contributed by atoms with E-state index in [0.717, 1.165) is 23.1 Å². The van der Waals surface area contributed by atoms with Crippen molar-refractivity contribution in [3.63, 3.8) is 0 Å². The van der Waals surface area contributed by atoms with Crippen LogP contribution in [0.25, 0.3) is 0 Å². The Morgan fingerprint density at radius 2 is 1.67 bits per heavy atom. The summed E-state index contributed by atoms with van der Waals surface area (Å²) in [4.78, 5) is 27.9. The Hall–Kier alpha value is -3.60. The van der Waals surface area contributed by atoms with Gasteiger partial charge in [-0.15, -0.1) is 0 Å². The Bertz CT molecular complexity index is 1050. The largest absolute Gasteiger partial charge is 0.496 e. The second kappa shape index (κ2) is 8.82. The van der Waals surface area contributed by atoms with E-state index < -0.39 is 6.04 Å². The van der Waals surface area contributed by atoms with Gasteiger partial charge in [0, 0.05) is 17.7 Å². The number of methoxy groups -OCH3 is 1. The fourth-order valence-electron chi connectivity index (χ4n) is 3.90. The highest BCUT2D eigenvalue weighted by molar-refractivity contribution is 6.04. The van der Waals surface area contributed by atoms with Crippen molar-refractivity contribution in [2.75, 3.05) is 13.7 Å². The van der Waals surface area contributed by atoms with E-state index in [9.17, 15) is 9.59 Å². The van der Waals surface area contributed by atoms with Crippen LogP contribution in [0.4, 0.5) is 0 Å². The minimum Gasteiger partial charge on any atom is -0.496 e. The molecule has 1 aliphatic rings. The highest BCUT2D eigenvalue weighted by atomic mass is 16.5. The molecule has 3 aromatic rings. The molecule has 1 heterocycles. The maximum atomic E-state index is 13.2. The minimum atomic E-state index is -0.658. The summed E-state index contributed by atoms with van der Waals surface area (Å²) in [5.41, 5.74) is 3.35. The molecule has 5 heteroatoms. The number of nitrogens with zero attached hydrogens (tertiary/aromatic N) is 1. The summed E-state index contributed by atoms with van der Waals surface area (Å²) in [5, 5.41) is 3.01. The molecule has 5 nitrogen and oxygen atoms in total. The Morgan fingerprint density at radius 3 is 2.47 bits per heavy atom. The number of fused-ring (bicyclic) bond motifs is 1. The Labute approximate surface area is 176 Å². The van der Waals surface area contributed by atoms with Crippen molar-refractivity contribution < 1.29 is 14.3 Å². The van der Waals surface area contributed by atoms with Gasteiger partial charge in [0.25, 0.3) is 5.91 Å². The SMILES string of the molecule is COc1ccccc1CN1C(=O)c2ccccc2C1C(=O)NCCc1ccccc1. The maximum Gasteiger partial charge on any atom is 0.255 e. The lowest BCUT2D eigenvalue weighted by Crippen LogP contribution is -2.39. The molecule has 0 radical (unpaired) electrons. The lowest BCUT2D eigenvalue weighted by atomic mass is 10.0. The molecule has 0 saturated carbocycles. The lowest BCUT2D eigenvalue weighted by molar-refractivity contribution is -0.125. The third-order valence-corrected chi connectivity index (χ3v) is 5.40. The number of hydrogen-bond acceptors (Lipinski definition) is 3. The molecular weight excluding hydrogens is 376 g/mol. The molecule has 4 rings (SSSR count). The molecule has 0 saturated heterocycles. The number of para-hydroxylation sites is 1. The smallest absolute Gasteiger partial charge is 0.255 e. The molecule has 0 fully saturated rings. The summed E-state index contributed by atoms with van der Waals surface area (Å²) in [7, 11) is 1.60. The second-order valence-electron chi connectivity index (χ2n) is 7.26. The van der Waals surface area contributed by atoms with Gasteiger partial charge in [-0.1, -0.05) is 66.7 Å². The highest BCUT2D eigenvalue weighted by Crippen LogP contribution is 2.36. The summed E-state index contributed by atoms with van der Waals surface area (Å²) in [5.74, 6) is 0.392. The number of carbonyl (C=O) groups excluding carboxylic acids is 2. The Balaban J connectivity index is 1.55. The van der Waals surface area contributed by atoms with E-state index in [1.165, 1.54) is 0 Å². The molecule has 0 spiro atoms. The average molecular weight is 400 g/mol. The number of hydrogen-bond donors (Lipinski definition) is 1. The number of amides is 2. The maximum absolute atomic E-state index is 13.2. The molecule has 30 heavy (non-hydrogen) atoms. The summed E-state index contributed by atoms with van der Waals surface area (Å²) >= 11 is 0. The number of ether oxygens (including phenoxy) is 1. The van der Waals surface area contributed by atoms with Crippen molar-refractivity contribution in [3.8, 4) is 5.75 Å². The van der Waals surface area contributed by atoms with Crippen LogP contribution in [0, 0.1) is 0 Å². The second-order valence-corrected chi connectivity index (χ2v) is 7.26. The minimum absolute atomic E-state index is 0.139. The van der Waals surface area contributed by atoms with Gasteiger partial charge in [0.1, 0.15) is 11.8 Å². The Kier molecular flexibility index (Phi) is 5.80. The van der Waals surface area contributed by atoms with Gasteiger partial charge in [-0.2, -0.15) is 0 Å². The molecule has 0 aromatic heterocycles. The predicted octanol–water partition coefficient (Wildman–Crippen LogP) is 3.75. The van der Waals surface area contributed by atoms with Crippen LogP contribution in [0.15, 0.2) is 78.9 Å². The number of nitrogens with one attached hydrogen (secondary N) is 1. The molecule has 1 aliphatic heterocycles. The van der Waals surface area contributed by atoms with Gasteiger partial charge < -0.3 is 15.0 Å². The third kappa shape index (κ3) is 3.92. The quantitative estimate of drug-likeness (QED) is 0.657. The van der Waals surface area contributed by atoms with E-state index >= 15 is 0 Å². The standard InChI is InChI=1S/C25H24N2O3/c1-30-22-14-8-5-11-19(22)17-27-23(20-12-6-7-13-21(20)25(27)29)24(28)26-16-15-18-9-3-2-4-10-18/h2-14,23H,15-17H2,1H3,(H,26,28). The van der Waals surface area contributed by atoms with E-state index in [2.05, 4.69) is 5.32 Å². The molecular formula is C25H24N2O3. The molecule has 1 atom stereocenters. The van der Waals surface area contributed by atoms with Gasteiger partial charge >= 0.3 is 0 Å². The first-order valence-electron chi connectivity index (χ1n) is 10.0. The first-order chi connectivity index (χ1) is 14.7. The van der Waals surface area contributed by atoms with Gasteiger partial charge in [-0.05, 0) is 29.7 Å². The molecule has 0 bridgehead atoms. The highest BCUT2D eigenvalue weighted by Gasteiger charge is 2.40. The van der Waals surface area contributed by atoms with Crippen molar-refractivity contribution in [2.45, 2.75) is 19.0 Å². The summed E-state index contributed by atoms with van der Waals surface area (Å²) < 4.78 is 5.44. The zero-order valence-corrected chi connectivity index (χ0v) is 16.9. The van der Waals surface area contributed by atoms with Crippen LogP contribution in [0.2, 0.25) is 0 Å². The van der Waals surface area contributed by atoms with Crippen LogP contribution in [-0.4, -0.2) is 30.4 Å². The normalized spacial score (nSPS) is 15.0. The van der Waals surface area contributed by atoms with Gasteiger partial charge in [0.05, 0.1) is 13.7 Å². The van der Waals surface area contributed by atoms with Crippen molar-refractivity contribution in [2.24, 2.45) is 0 Å². The van der Waals surface area contributed by atoms with Gasteiger partial charge in [-0.25, -0.2) is 0 Å². The number of benzene rings is 3. The fourth-order valence-corrected chi connectivity index (χ4v) is 3.90. The van der Waals surface area contributed by atoms with Crippen molar-refractivity contribution in [3.05, 3.63) is 101 Å². The van der Waals surface area contributed by atoms with Gasteiger partial charge in [0.15, 0.2) is 0 Å². The van der Waals surface area contributed by atoms with Crippen molar-refractivity contribution in [1.29, 1.82) is 0 Å². The topological polar surface area (TPSA) is 58.6 Å². The van der Waals surface area contributed by atoms with E-state index in [1.807, 2.05) is 72.8 Å². The molecule has 2 amide bonds. The number of carbonyl (C=O) groups is 2. The van der Waals surface area contributed by atoms with Crippen LogP contribution >= 0.6 is 0 Å². The monoisotopic (exact) mass is 400 g/mol. The van der Waals surface area contributed by atoms with E-state index in [1.54, 1.807) is 18.1 Å². The van der Waals surface area contributed by atoms with Crippen molar-refractivity contribution >= 4 is 11.8 Å². The van der Waals surface area contributed by atoms with E-state index in [-0.39, 0.29) is 11.8 Å². The fraction of sp³-hybridized carbons (Fsp3) is 0.200.